The summed E-state index contributed by atoms with van der Waals surface area (Å²) in [5, 5.41) is 4.65. The summed E-state index contributed by atoms with van der Waals surface area (Å²) in [6.07, 6.45) is 7.91. The minimum absolute atomic E-state index is 0.364. The van der Waals surface area contributed by atoms with E-state index in [4.69, 9.17) is 21.3 Å². The van der Waals surface area contributed by atoms with Crippen molar-refractivity contribution in [2.24, 2.45) is 16.8 Å². The molecule has 0 unspecified atom stereocenters. The molecule has 0 saturated heterocycles. The number of amides is 1. The Bertz CT molecular complexity index is 907. The molecule has 1 aromatic carbocycles. The second-order valence-corrected chi connectivity index (χ2v) is 7.96. The van der Waals surface area contributed by atoms with Crippen LogP contribution in [0.2, 0.25) is 5.02 Å². The van der Waals surface area contributed by atoms with Gasteiger partial charge >= 0.3 is 6.09 Å². The summed E-state index contributed by atoms with van der Waals surface area (Å²) >= 11 is 6.30. The van der Waals surface area contributed by atoms with Gasteiger partial charge in [-0.3, -0.25) is 0 Å². The predicted molar refractivity (Wildman–Crippen MR) is 94.5 cm³/mol. The number of hydrogen-bond donors (Lipinski definition) is 1. The fraction of sp³-hybridized carbons (Fsp3) is 0.474. The highest BCUT2D eigenvalue weighted by Crippen LogP contribution is 2.49. The summed E-state index contributed by atoms with van der Waals surface area (Å²) in [6.45, 7) is 0. The van der Waals surface area contributed by atoms with Crippen molar-refractivity contribution in [1.82, 2.24) is 10.2 Å². The molecule has 25 heavy (non-hydrogen) atoms. The van der Waals surface area contributed by atoms with Crippen molar-refractivity contribution in [1.29, 1.82) is 0 Å². The normalized spacial score (nSPS) is 28.6. The van der Waals surface area contributed by atoms with Gasteiger partial charge < -0.3 is 15.0 Å². The van der Waals surface area contributed by atoms with Crippen LogP contribution in [0.3, 0.4) is 0 Å². The molecule has 0 spiro atoms. The van der Waals surface area contributed by atoms with E-state index < -0.39 is 6.09 Å². The number of allylic oxidation sites excluding steroid dienone is 1. The van der Waals surface area contributed by atoms with Crippen LogP contribution in [0.5, 0.6) is 5.75 Å². The van der Waals surface area contributed by atoms with Crippen molar-refractivity contribution in [2.75, 3.05) is 7.05 Å². The summed E-state index contributed by atoms with van der Waals surface area (Å²) in [6, 6.07) is 4.15. The topological polar surface area (TPSA) is 53.9 Å². The average Bonchev–Trinajstić information content (AvgIpc) is 2.75. The maximum atomic E-state index is 11.5. The summed E-state index contributed by atoms with van der Waals surface area (Å²) in [5.41, 5.74) is 1.50. The zero-order valence-corrected chi connectivity index (χ0v) is 14.8. The molecule has 2 saturated carbocycles. The molecule has 5 aliphatic rings. The molecule has 0 radical (unpaired) electrons. The van der Waals surface area contributed by atoms with Gasteiger partial charge in [-0.2, -0.15) is 0 Å². The predicted octanol–water partition coefficient (Wildman–Crippen LogP) is 2.54. The molecule has 5 nitrogen and oxygen atoms in total. The molecular weight excluding hydrogens is 338 g/mol. The molecule has 3 heterocycles. The van der Waals surface area contributed by atoms with Crippen LogP contribution < -0.4 is 20.6 Å². The number of nitrogens with one attached hydrogen (secondary N) is 1. The summed E-state index contributed by atoms with van der Waals surface area (Å²) in [5.74, 6) is 3.13. The van der Waals surface area contributed by atoms with Gasteiger partial charge in [-0.05, 0) is 61.6 Å². The number of nitrogens with zero attached hydrogens (tertiary/aromatic N) is 2. The van der Waals surface area contributed by atoms with Crippen LogP contribution in [0, 0.1) is 11.8 Å². The number of hydrogen-bond acceptors (Lipinski definition) is 4. The van der Waals surface area contributed by atoms with Crippen LogP contribution in [0.15, 0.2) is 28.5 Å². The van der Waals surface area contributed by atoms with Crippen molar-refractivity contribution >= 4 is 23.9 Å². The fourth-order valence-electron chi connectivity index (χ4n) is 4.96. The molecule has 4 bridgehead atoms. The Balaban J connectivity index is 1.64. The van der Waals surface area contributed by atoms with Crippen molar-refractivity contribution < 1.29 is 9.53 Å². The lowest BCUT2D eigenvalue weighted by molar-refractivity contribution is 0.167. The second-order valence-electron chi connectivity index (χ2n) is 7.56. The van der Waals surface area contributed by atoms with Crippen molar-refractivity contribution in [3.63, 3.8) is 0 Å². The lowest BCUT2D eigenvalue weighted by Crippen LogP contribution is -2.41. The molecule has 1 aromatic rings. The third-order valence-electron chi connectivity index (χ3n) is 5.89. The number of fused-ring (bicyclic) bond motifs is 1. The highest BCUT2D eigenvalue weighted by Gasteiger charge is 2.42. The van der Waals surface area contributed by atoms with E-state index in [0.717, 1.165) is 28.2 Å². The first-order chi connectivity index (χ1) is 12.1. The Labute approximate surface area is 151 Å². The molecule has 2 atom stereocenters. The zero-order chi connectivity index (χ0) is 17.1. The lowest BCUT2D eigenvalue weighted by atomic mass is 9.70. The molecule has 1 N–H and O–H groups in total. The maximum Gasteiger partial charge on any atom is 0.412 e. The Hall–Kier alpha value is -2.01. The van der Waals surface area contributed by atoms with E-state index in [2.05, 4.69) is 16.4 Å². The number of ether oxygens (including phenoxy) is 1. The van der Waals surface area contributed by atoms with Crippen LogP contribution in [0.25, 0.3) is 6.20 Å². The molecular formula is C19H20ClN3O2. The van der Waals surface area contributed by atoms with Gasteiger partial charge in [0.2, 0.25) is 0 Å². The molecule has 130 valence electrons. The number of halogens is 1. The minimum Gasteiger partial charge on any atom is -0.409 e. The maximum absolute atomic E-state index is 11.5. The molecule has 6 heteroatoms. The Morgan fingerprint density at radius 3 is 2.76 bits per heavy atom. The third-order valence-corrected chi connectivity index (χ3v) is 6.19. The largest absolute Gasteiger partial charge is 0.412 e. The van der Waals surface area contributed by atoms with Crippen LogP contribution in [-0.4, -0.2) is 24.1 Å². The Morgan fingerprint density at radius 2 is 2.04 bits per heavy atom. The fourth-order valence-corrected chi connectivity index (χ4v) is 5.16. The Morgan fingerprint density at radius 1 is 1.28 bits per heavy atom. The van der Waals surface area contributed by atoms with Gasteiger partial charge in [-0.1, -0.05) is 11.6 Å². The molecule has 2 fully saturated rings. The number of benzene rings is 1. The first-order valence-corrected chi connectivity index (χ1v) is 9.28. The van der Waals surface area contributed by atoms with Crippen molar-refractivity contribution in [3.05, 3.63) is 39.1 Å². The van der Waals surface area contributed by atoms with Crippen LogP contribution in [-0.2, 0) is 0 Å². The monoisotopic (exact) mass is 357 g/mol. The second kappa shape index (κ2) is 5.49. The van der Waals surface area contributed by atoms with Gasteiger partial charge in [0.25, 0.3) is 0 Å². The number of rotatable bonds is 1. The van der Waals surface area contributed by atoms with E-state index in [1.54, 1.807) is 6.07 Å². The molecule has 6 rings (SSSR count). The van der Waals surface area contributed by atoms with Crippen LogP contribution in [0.1, 0.15) is 32.1 Å². The number of carbonyl (C=O) groups excluding carboxylic acids is 1. The van der Waals surface area contributed by atoms with E-state index >= 15 is 0 Å². The smallest absolute Gasteiger partial charge is 0.409 e. The summed E-state index contributed by atoms with van der Waals surface area (Å²) in [7, 11) is 1.53. The highest BCUT2D eigenvalue weighted by atomic mass is 35.5. The van der Waals surface area contributed by atoms with E-state index in [1.807, 2.05) is 6.07 Å². The van der Waals surface area contributed by atoms with Gasteiger partial charge in [-0.25, -0.2) is 9.79 Å². The Kier molecular flexibility index (Phi) is 3.35. The molecule has 2 aliphatic carbocycles. The van der Waals surface area contributed by atoms with E-state index in [1.165, 1.54) is 44.7 Å². The summed E-state index contributed by atoms with van der Waals surface area (Å²) in [4.78, 5) is 18.9. The average molecular weight is 358 g/mol. The lowest BCUT2D eigenvalue weighted by Gasteiger charge is -2.39. The third kappa shape index (κ3) is 2.44. The zero-order valence-electron chi connectivity index (χ0n) is 14.1. The number of carbonyl (C=O) groups is 1. The molecule has 1 amide bonds. The first kappa shape index (κ1) is 15.3. The van der Waals surface area contributed by atoms with E-state index in [-0.39, 0.29) is 0 Å². The van der Waals surface area contributed by atoms with Crippen LogP contribution >= 0.6 is 11.6 Å². The molecule has 3 aliphatic heterocycles. The van der Waals surface area contributed by atoms with Crippen LogP contribution in [0.4, 0.5) is 4.79 Å². The molecule has 0 aromatic heterocycles. The quantitative estimate of drug-likeness (QED) is 0.840. The van der Waals surface area contributed by atoms with Crippen molar-refractivity contribution in [2.45, 2.75) is 38.1 Å². The summed E-state index contributed by atoms with van der Waals surface area (Å²) < 4.78 is 5.26. The van der Waals surface area contributed by atoms with Gasteiger partial charge in [0, 0.05) is 24.5 Å². The van der Waals surface area contributed by atoms with E-state index in [0.29, 0.717) is 16.8 Å². The van der Waals surface area contributed by atoms with E-state index in [9.17, 15) is 4.79 Å². The standard InChI is InChI=1S/C19H20ClN3O2/c1-21-19(24)25-17-7-13-9-23-14-5-10-2-11(6-14)4-12(3-10)18(23)22-16(13)8-15(17)20/h7-11,14H,2-6H2,1H3,(H,21,24)/t10-,11-/m0/s1. The SMILES string of the molecule is CNC(=O)Oc1cc2c(cc1Cl)=NC1=C3C[C@H]4CC(C[C@H](C3)C4)N1C=2. The minimum atomic E-state index is -0.525. The van der Waals surface area contributed by atoms with Gasteiger partial charge in [0.15, 0.2) is 5.75 Å². The van der Waals surface area contributed by atoms with Gasteiger partial charge in [-0.15, -0.1) is 0 Å². The van der Waals surface area contributed by atoms with Gasteiger partial charge in [0.05, 0.1) is 10.4 Å². The van der Waals surface area contributed by atoms with Crippen molar-refractivity contribution in [3.8, 4) is 5.75 Å². The first-order valence-electron chi connectivity index (χ1n) is 8.91. The van der Waals surface area contributed by atoms with Gasteiger partial charge in [0.1, 0.15) is 5.82 Å². The highest BCUT2D eigenvalue weighted by molar-refractivity contribution is 6.32.